The standard InChI is InChI=1S/C21H17FN2O5/c1-28-21(27)15-6-10-17(11-7-15)23-19(25)18-3-2-12-24(20(18)26)29-13-14-4-8-16(22)9-5-14/h2-12H,13H2,1H3,(H,23,25). The zero-order chi connectivity index (χ0) is 20.8. The maximum absolute atomic E-state index is 13.0. The van der Waals surface area contributed by atoms with Gasteiger partial charge < -0.3 is 14.9 Å². The molecule has 0 aliphatic heterocycles. The van der Waals surface area contributed by atoms with Gasteiger partial charge in [-0.25, -0.2) is 9.18 Å². The van der Waals surface area contributed by atoms with Crippen LogP contribution >= 0.6 is 0 Å². The van der Waals surface area contributed by atoms with Gasteiger partial charge in [0.1, 0.15) is 18.0 Å². The summed E-state index contributed by atoms with van der Waals surface area (Å²) in [5.41, 5.74) is 0.646. The van der Waals surface area contributed by atoms with E-state index in [4.69, 9.17) is 4.84 Å². The fourth-order valence-electron chi connectivity index (χ4n) is 2.48. The molecule has 0 saturated carbocycles. The van der Waals surface area contributed by atoms with Crippen LogP contribution in [0.4, 0.5) is 10.1 Å². The zero-order valence-electron chi connectivity index (χ0n) is 15.4. The number of rotatable bonds is 6. The summed E-state index contributed by atoms with van der Waals surface area (Å²) in [7, 11) is 1.27. The summed E-state index contributed by atoms with van der Waals surface area (Å²) >= 11 is 0. The number of benzene rings is 2. The van der Waals surface area contributed by atoms with Crippen LogP contribution in [0.1, 0.15) is 26.3 Å². The van der Waals surface area contributed by atoms with E-state index in [2.05, 4.69) is 10.1 Å². The third kappa shape index (κ3) is 4.86. The number of ether oxygens (including phenoxy) is 1. The number of halogens is 1. The van der Waals surface area contributed by atoms with E-state index in [9.17, 15) is 18.8 Å². The highest BCUT2D eigenvalue weighted by molar-refractivity contribution is 6.04. The number of nitrogens with one attached hydrogen (secondary N) is 1. The molecule has 2 aromatic carbocycles. The summed E-state index contributed by atoms with van der Waals surface area (Å²) in [6.45, 7) is 0.0280. The van der Waals surface area contributed by atoms with Crippen molar-refractivity contribution in [2.45, 2.75) is 6.61 Å². The Morgan fingerprint density at radius 1 is 1.03 bits per heavy atom. The van der Waals surface area contributed by atoms with Gasteiger partial charge >= 0.3 is 5.97 Å². The van der Waals surface area contributed by atoms with Gasteiger partial charge in [0.2, 0.25) is 0 Å². The van der Waals surface area contributed by atoms with E-state index in [1.165, 1.54) is 74.0 Å². The highest BCUT2D eigenvalue weighted by Crippen LogP contribution is 2.11. The Hall–Kier alpha value is -3.94. The highest BCUT2D eigenvalue weighted by atomic mass is 19.1. The van der Waals surface area contributed by atoms with Crippen LogP contribution in [0.5, 0.6) is 0 Å². The Kier molecular flexibility index (Phi) is 6.03. The van der Waals surface area contributed by atoms with E-state index < -0.39 is 17.4 Å². The molecule has 0 unspecified atom stereocenters. The molecule has 0 saturated heterocycles. The third-order valence-corrected chi connectivity index (χ3v) is 4.01. The van der Waals surface area contributed by atoms with Crippen molar-refractivity contribution in [3.8, 4) is 0 Å². The summed E-state index contributed by atoms with van der Waals surface area (Å²) < 4.78 is 18.5. The fraction of sp³-hybridized carbons (Fsp3) is 0.0952. The molecule has 7 nitrogen and oxygen atoms in total. The van der Waals surface area contributed by atoms with E-state index >= 15 is 0 Å². The number of hydrogen-bond acceptors (Lipinski definition) is 5. The number of aromatic nitrogens is 1. The van der Waals surface area contributed by atoms with Crippen molar-refractivity contribution in [1.82, 2.24) is 4.73 Å². The minimum Gasteiger partial charge on any atom is -0.465 e. The number of carbonyl (C=O) groups excluding carboxylic acids is 2. The van der Waals surface area contributed by atoms with Gasteiger partial charge in [0.25, 0.3) is 11.5 Å². The first-order chi connectivity index (χ1) is 14.0. The molecule has 1 aromatic heterocycles. The first kappa shape index (κ1) is 19.8. The molecule has 1 N–H and O–H groups in total. The lowest BCUT2D eigenvalue weighted by molar-refractivity contribution is 0.0600. The number of methoxy groups -OCH3 is 1. The average Bonchev–Trinajstić information content (AvgIpc) is 2.74. The van der Waals surface area contributed by atoms with Gasteiger partial charge in [-0.3, -0.25) is 9.59 Å². The molecule has 0 radical (unpaired) electrons. The van der Waals surface area contributed by atoms with Gasteiger partial charge in [-0.15, -0.1) is 0 Å². The number of nitrogens with zero attached hydrogens (tertiary/aromatic N) is 1. The van der Waals surface area contributed by atoms with Gasteiger partial charge in [0.05, 0.1) is 12.7 Å². The number of pyridine rings is 1. The van der Waals surface area contributed by atoms with Crippen molar-refractivity contribution in [2.24, 2.45) is 0 Å². The van der Waals surface area contributed by atoms with Gasteiger partial charge in [-0.2, -0.15) is 4.73 Å². The second-order valence-electron chi connectivity index (χ2n) is 5.98. The Bertz CT molecular complexity index is 1080. The lowest BCUT2D eigenvalue weighted by Crippen LogP contribution is -2.32. The van der Waals surface area contributed by atoms with E-state index in [0.717, 1.165) is 4.73 Å². The molecular weight excluding hydrogens is 379 g/mol. The molecule has 3 rings (SSSR count). The molecule has 29 heavy (non-hydrogen) atoms. The summed E-state index contributed by atoms with van der Waals surface area (Å²) in [5, 5.41) is 2.59. The van der Waals surface area contributed by atoms with Crippen LogP contribution in [0.3, 0.4) is 0 Å². The second kappa shape index (κ2) is 8.83. The van der Waals surface area contributed by atoms with Gasteiger partial charge in [-0.1, -0.05) is 12.1 Å². The normalized spacial score (nSPS) is 10.3. The third-order valence-electron chi connectivity index (χ3n) is 4.01. The van der Waals surface area contributed by atoms with Crippen molar-refractivity contribution in [3.63, 3.8) is 0 Å². The predicted molar refractivity (Wildman–Crippen MR) is 103 cm³/mol. The highest BCUT2D eigenvalue weighted by Gasteiger charge is 2.14. The van der Waals surface area contributed by atoms with Crippen molar-refractivity contribution in [1.29, 1.82) is 0 Å². The van der Waals surface area contributed by atoms with Crippen LogP contribution < -0.4 is 15.7 Å². The molecule has 0 aliphatic carbocycles. The van der Waals surface area contributed by atoms with Crippen LogP contribution in [0.2, 0.25) is 0 Å². The first-order valence-electron chi connectivity index (χ1n) is 8.57. The van der Waals surface area contributed by atoms with E-state index in [-0.39, 0.29) is 18.0 Å². The van der Waals surface area contributed by atoms with Crippen molar-refractivity contribution < 1.29 is 23.6 Å². The number of anilines is 1. The fourth-order valence-corrected chi connectivity index (χ4v) is 2.48. The molecule has 0 atom stereocenters. The number of hydrogen-bond donors (Lipinski definition) is 1. The van der Waals surface area contributed by atoms with Crippen LogP contribution in [0, 0.1) is 5.82 Å². The maximum atomic E-state index is 13.0. The lowest BCUT2D eigenvalue weighted by Gasteiger charge is -2.10. The summed E-state index contributed by atoms with van der Waals surface area (Å²) in [5.74, 6) is -1.49. The average molecular weight is 396 g/mol. The minimum absolute atomic E-state index is 0.0280. The molecule has 1 heterocycles. The Morgan fingerprint density at radius 2 is 1.72 bits per heavy atom. The monoisotopic (exact) mass is 396 g/mol. The van der Waals surface area contributed by atoms with Crippen molar-refractivity contribution in [3.05, 3.63) is 99.7 Å². The number of amides is 1. The molecule has 0 bridgehead atoms. The van der Waals surface area contributed by atoms with Crippen molar-refractivity contribution >= 4 is 17.6 Å². The zero-order valence-corrected chi connectivity index (χ0v) is 15.4. The SMILES string of the molecule is COC(=O)c1ccc(NC(=O)c2cccn(OCc3ccc(F)cc3)c2=O)cc1. The smallest absolute Gasteiger partial charge is 0.337 e. The van der Waals surface area contributed by atoms with Crippen LogP contribution in [0.15, 0.2) is 71.7 Å². The van der Waals surface area contributed by atoms with E-state index in [0.29, 0.717) is 16.8 Å². The van der Waals surface area contributed by atoms with Crippen LogP contribution in [-0.4, -0.2) is 23.7 Å². The molecule has 0 fully saturated rings. The largest absolute Gasteiger partial charge is 0.465 e. The van der Waals surface area contributed by atoms with E-state index in [1.54, 1.807) is 0 Å². The minimum atomic E-state index is -0.640. The topological polar surface area (TPSA) is 86.6 Å². The van der Waals surface area contributed by atoms with Crippen LogP contribution in [0.25, 0.3) is 0 Å². The Morgan fingerprint density at radius 3 is 2.38 bits per heavy atom. The molecule has 3 aromatic rings. The molecule has 148 valence electrons. The number of carbonyl (C=O) groups is 2. The molecular formula is C21H17FN2O5. The lowest BCUT2D eigenvalue weighted by atomic mass is 10.2. The quantitative estimate of drug-likeness (QED) is 0.648. The maximum Gasteiger partial charge on any atom is 0.337 e. The molecule has 0 spiro atoms. The summed E-state index contributed by atoms with van der Waals surface area (Å²) in [6.07, 6.45) is 1.38. The Labute approximate surface area is 165 Å². The molecule has 8 heteroatoms. The number of esters is 1. The predicted octanol–water partition coefficient (Wildman–Crippen LogP) is 2.66. The van der Waals surface area contributed by atoms with Crippen molar-refractivity contribution in [2.75, 3.05) is 12.4 Å². The van der Waals surface area contributed by atoms with E-state index in [1.807, 2.05) is 0 Å². The molecule has 0 aliphatic rings. The Balaban J connectivity index is 1.71. The summed E-state index contributed by atoms with van der Waals surface area (Å²) in [6, 6.07) is 14.6. The van der Waals surface area contributed by atoms with Gasteiger partial charge in [0, 0.05) is 11.9 Å². The first-order valence-corrected chi connectivity index (χ1v) is 8.57. The second-order valence-corrected chi connectivity index (χ2v) is 5.98. The van der Waals surface area contributed by atoms with Crippen LogP contribution in [-0.2, 0) is 11.3 Å². The van der Waals surface area contributed by atoms with Gasteiger partial charge in [0.15, 0.2) is 0 Å². The molecule has 1 amide bonds. The summed E-state index contributed by atoms with van der Waals surface area (Å²) in [4.78, 5) is 41.8. The van der Waals surface area contributed by atoms with Gasteiger partial charge in [-0.05, 0) is 54.1 Å².